The maximum atomic E-state index is 14.6. The van der Waals surface area contributed by atoms with E-state index in [-0.39, 0.29) is 41.8 Å². The fourth-order valence-electron chi connectivity index (χ4n) is 8.59. The summed E-state index contributed by atoms with van der Waals surface area (Å²) in [5, 5.41) is 48.6. The van der Waals surface area contributed by atoms with Gasteiger partial charge in [0.25, 0.3) is 5.97 Å². The number of likely N-dealkylation sites (tertiary alicyclic amines) is 1. The van der Waals surface area contributed by atoms with Crippen molar-refractivity contribution in [3.8, 4) is 0 Å². The normalized spacial score (nSPS) is 36.0. The third kappa shape index (κ3) is 7.18. The van der Waals surface area contributed by atoms with E-state index < -0.39 is 94.3 Å². The Bertz CT molecular complexity index is 1510. The van der Waals surface area contributed by atoms with Gasteiger partial charge in [0, 0.05) is 73.8 Å². The van der Waals surface area contributed by atoms with Gasteiger partial charge in [0.15, 0.2) is 0 Å². The van der Waals surface area contributed by atoms with Gasteiger partial charge in [0.05, 0.1) is 30.2 Å². The van der Waals surface area contributed by atoms with Crippen LogP contribution in [0.5, 0.6) is 0 Å². The van der Waals surface area contributed by atoms with E-state index in [2.05, 4.69) is 10.6 Å². The van der Waals surface area contributed by atoms with Crippen LogP contribution in [0.4, 0.5) is 0 Å². The molecule has 0 aromatic carbocycles. The monoisotopic (exact) mass is 767 g/mol. The van der Waals surface area contributed by atoms with Gasteiger partial charge >= 0.3 is 5.97 Å². The number of hydrogen-bond donors (Lipinski definition) is 5. The summed E-state index contributed by atoms with van der Waals surface area (Å²) in [7, 11) is 6.49. The Morgan fingerprint density at radius 3 is 2.13 bits per heavy atom. The van der Waals surface area contributed by atoms with Crippen molar-refractivity contribution in [3.05, 3.63) is 15.9 Å². The zero-order chi connectivity index (χ0) is 38.7. The molecule has 5 heterocycles. The molecule has 0 saturated carbocycles. The first-order chi connectivity index (χ1) is 24.3. The number of nitrogens with zero attached hydrogens (tertiary/aromatic N) is 5. The lowest BCUT2D eigenvalue weighted by atomic mass is 9.79. The third-order valence-corrected chi connectivity index (χ3v) is 14.4. The largest absolute Gasteiger partial charge is 0.646 e. The Hall–Kier alpha value is -2.90. The second-order valence-electron chi connectivity index (χ2n) is 15.2. The highest BCUT2D eigenvalue weighted by atomic mass is 32.2. The van der Waals surface area contributed by atoms with E-state index >= 15 is 0 Å². The molecule has 5 N–H and O–H groups in total. The number of carbonyl (C=O) groups is 6. The number of β-lactam (4-membered cyclic amide) rings is 1. The SMILES string of the molecule is C[C@H]1C(S[C@@H]2CN[C@H](C(=O)N(C)C)C2)C(C(=O)O)[N-]C1[C@H](C(=O)N1C[C@@H](SC2=C(C(=O)O)N3C(=O)[C@H]([C@@H](C)O)[C@H]3[C@H]2C)C[C@H]1C(=O)N(C)C)[C@@H](C)O. The Labute approximate surface area is 312 Å². The molecule has 14 atom stereocenters. The molecule has 0 aromatic heterocycles. The van der Waals surface area contributed by atoms with Crippen LogP contribution in [-0.2, 0) is 28.8 Å². The Kier molecular flexibility index (Phi) is 12.0. The summed E-state index contributed by atoms with van der Waals surface area (Å²) >= 11 is 2.65. The molecule has 0 aliphatic carbocycles. The van der Waals surface area contributed by atoms with E-state index in [9.17, 15) is 49.2 Å². The smallest absolute Gasteiger partial charge is 0.353 e. The quantitative estimate of drug-likeness (QED) is 0.161. The van der Waals surface area contributed by atoms with Crippen LogP contribution in [0.1, 0.15) is 40.5 Å². The highest BCUT2D eigenvalue weighted by Crippen LogP contribution is 2.53. The number of carbonyl (C=O) groups excluding carboxylic acids is 4. The lowest BCUT2D eigenvalue weighted by molar-refractivity contribution is -0.163. The zero-order valence-electron chi connectivity index (χ0n) is 30.7. The molecular formula is C34H51N6O10S2-. The predicted molar refractivity (Wildman–Crippen MR) is 193 cm³/mol. The number of aliphatic carboxylic acids is 2. The number of thioether (sulfide) groups is 2. The zero-order valence-corrected chi connectivity index (χ0v) is 32.3. The highest BCUT2D eigenvalue weighted by Gasteiger charge is 2.60. The fraction of sp³-hybridized carbons (Fsp3) is 0.765. The molecule has 4 amide bonds. The molecule has 5 rings (SSSR count). The molecule has 5 aliphatic rings. The Balaban J connectivity index is 1.38. The minimum atomic E-state index is -1.28. The minimum Gasteiger partial charge on any atom is -0.646 e. The number of carboxylic acid groups (broad SMARTS) is 2. The number of carboxylic acids is 2. The van der Waals surface area contributed by atoms with Gasteiger partial charge in [-0.05, 0) is 38.6 Å². The molecule has 290 valence electrons. The van der Waals surface area contributed by atoms with Crippen LogP contribution >= 0.6 is 23.5 Å². The van der Waals surface area contributed by atoms with Crippen LogP contribution in [0.25, 0.3) is 5.32 Å². The molecule has 0 spiro atoms. The van der Waals surface area contributed by atoms with Crippen LogP contribution in [0.15, 0.2) is 10.6 Å². The van der Waals surface area contributed by atoms with Crippen LogP contribution in [0.3, 0.4) is 0 Å². The first kappa shape index (κ1) is 40.3. The summed E-state index contributed by atoms with van der Waals surface area (Å²) in [5.74, 6) is -6.62. The lowest BCUT2D eigenvalue weighted by Gasteiger charge is -2.46. The molecular weight excluding hydrogens is 717 g/mol. The molecule has 3 unspecified atom stereocenters. The first-order valence-corrected chi connectivity index (χ1v) is 19.5. The molecule has 52 heavy (non-hydrogen) atoms. The summed E-state index contributed by atoms with van der Waals surface area (Å²) in [6, 6.07) is -3.89. The number of rotatable bonds is 12. The van der Waals surface area contributed by atoms with E-state index in [1.165, 1.54) is 57.0 Å². The van der Waals surface area contributed by atoms with Crippen molar-refractivity contribution in [2.45, 2.75) is 98.7 Å². The van der Waals surface area contributed by atoms with E-state index in [0.29, 0.717) is 17.9 Å². The standard InChI is InChI=1S/C34H51N6O10S2/c1-13-23(36-24(33(47)48)27(13)51-17-9-19(35-11-17)29(43)37(5)6)21(15(3)41)31(45)39-12-18(10-20(39)30(44)38(7)8)52-28-14(2)25-22(16(4)42)32(46)40(25)26(28)34(49)50/h13-25,27,35,41-42H,9-12H2,1-8H3,(H,47,48)(H,49,50)/q-1/t13-,14-,15-,16-,17+,18+,19+,20+,21-,22-,23?,24?,25-,27?/m1/s1. The van der Waals surface area contributed by atoms with Crippen molar-refractivity contribution >= 4 is 59.1 Å². The van der Waals surface area contributed by atoms with E-state index in [4.69, 9.17) is 0 Å². The van der Waals surface area contributed by atoms with Crippen LogP contribution < -0.4 is 5.32 Å². The van der Waals surface area contributed by atoms with Crippen LogP contribution in [-0.4, -0.2) is 175 Å². The topological polar surface area (TPSA) is 222 Å². The predicted octanol–water partition coefficient (Wildman–Crippen LogP) is -0.306. The summed E-state index contributed by atoms with van der Waals surface area (Å²) in [6.07, 6.45) is -1.53. The van der Waals surface area contributed by atoms with Crippen molar-refractivity contribution in [1.29, 1.82) is 0 Å². The molecule has 0 radical (unpaired) electrons. The molecule has 0 aromatic rings. The number of aliphatic hydroxyl groups excluding tert-OH is 2. The minimum absolute atomic E-state index is 0.0369. The van der Waals surface area contributed by atoms with Crippen molar-refractivity contribution < 1.29 is 49.2 Å². The fourth-order valence-corrected chi connectivity index (χ4v) is 11.8. The lowest BCUT2D eigenvalue weighted by Crippen LogP contribution is -2.63. The van der Waals surface area contributed by atoms with Crippen molar-refractivity contribution in [3.63, 3.8) is 0 Å². The maximum absolute atomic E-state index is 14.6. The number of hydrogen-bond acceptors (Lipinski definition) is 11. The van der Waals surface area contributed by atoms with Gasteiger partial charge in [0.2, 0.25) is 23.6 Å². The van der Waals surface area contributed by atoms with Crippen LogP contribution in [0, 0.1) is 23.7 Å². The van der Waals surface area contributed by atoms with E-state index in [1.807, 2.05) is 6.92 Å². The van der Waals surface area contributed by atoms with Crippen molar-refractivity contribution in [2.24, 2.45) is 23.7 Å². The number of aliphatic hydroxyl groups is 2. The molecule has 18 heteroatoms. The number of amides is 4. The number of fused-ring (bicyclic) bond motifs is 1. The summed E-state index contributed by atoms with van der Waals surface area (Å²) in [4.78, 5) is 84.5. The van der Waals surface area contributed by atoms with E-state index in [1.54, 1.807) is 35.1 Å². The maximum Gasteiger partial charge on any atom is 0.353 e. The average Bonchev–Trinajstić information content (AvgIpc) is 3.82. The summed E-state index contributed by atoms with van der Waals surface area (Å²) in [5.41, 5.74) is -0.150. The van der Waals surface area contributed by atoms with Crippen molar-refractivity contribution in [1.82, 2.24) is 24.9 Å². The first-order valence-electron chi connectivity index (χ1n) is 17.7. The van der Waals surface area contributed by atoms with Gasteiger partial charge in [-0.2, -0.15) is 11.8 Å². The molecule has 4 saturated heterocycles. The third-order valence-electron chi connectivity index (χ3n) is 11.2. The van der Waals surface area contributed by atoms with E-state index in [0.717, 1.165) is 0 Å². The molecule has 4 fully saturated rings. The number of nitrogens with one attached hydrogen (secondary N) is 1. The van der Waals surface area contributed by atoms with Crippen LogP contribution in [0.2, 0.25) is 0 Å². The summed E-state index contributed by atoms with van der Waals surface area (Å²) in [6.45, 7) is 7.12. The Morgan fingerprint density at radius 2 is 1.60 bits per heavy atom. The second kappa shape index (κ2) is 15.5. The number of likely N-dealkylation sites (N-methyl/N-ethyl adjacent to an activating group) is 2. The Morgan fingerprint density at radius 1 is 0.962 bits per heavy atom. The van der Waals surface area contributed by atoms with Gasteiger partial charge in [-0.1, -0.05) is 13.8 Å². The highest BCUT2D eigenvalue weighted by molar-refractivity contribution is 8.03. The van der Waals surface area contributed by atoms with Gasteiger partial charge < -0.3 is 50.7 Å². The van der Waals surface area contributed by atoms with Gasteiger partial charge in [-0.3, -0.25) is 24.0 Å². The average molecular weight is 768 g/mol. The van der Waals surface area contributed by atoms with Crippen molar-refractivity contribution in [2.75, 3.05) is 41.3 Å². The molecule has 5 aliphatic heterocycles. The second-order valence-corrected chi connectivity index (χ2v) is 18.0. The van der Waals surface area contributed by atoms with Gasteiger partial charge in [-0.15, -0.1) is 17.8 Å². The van der Waals surface area contributed by atoms with Gasteiger partial charge in [0.1, 0.15) is 11.7 Å². The summed E-state index contributed by atoms with van der Waals surface area (Å²) < 4.78 is 0. The van der Waals surface area contributed by atoms with Gasteiger partial charge in [-0.25, -0.2) is 4.79 Å². The molecule has 0 bridgehead atoms. The molecule has 16 nitrogen and oxygen atoms in total.